The Kier molecular flexibility index (Phi) is 3.13. The van der Waals surface area contributed by atoms with Crippen LogP contribution in [0.5, 0.6) is 0 Å². The maximum Gasteiger partial charge on any atom is 0.165 e. The zero-order chi connectivity index (χ0) is 11.7. The lowest BCUT2D eigenvalue weighted by molar-refractivity contribution is 0.322. The van der Waals surface area contributed by atoms with Crippen LogP contribution < -0.4 is 5.32 Å². The van der Waals surface area contributed by atoms with Crippen molar-refractivity contribution in [3.63, 3.8) is 0 Å². The molecular weight excluding hydrogens is 190 g/mol. The molecule has 86 valence electrons. The standard InChI is InChI=1S/C10H21N5/c1-9(2,3)11-7-8-12-13-14-15(8)10(4,5)6/h11H,7H2,1-6H3. The molecule has 0 unspecified atom stereocenters. The van der Waals surface area contributed by atoms with Gasteiger partial charge in [0, 0.05) is 5.54 Å². The highest BCUT2D eigenvalue weighted by atomic mass is 15.6. The van der Waals surface area contributed by atoms with Gasteiger partial charge < -0.3 is 5.32 Å². The molecule has 1 aromatic rings. The maximum absolute atomic E-state index is 4.03. The van der Waals surface area contributed by atoms with Crippen molar-refractivity contribution >= 4 is 0 Å². The molecule has 0 aliphatic rings. The van der Waals surface area contributed by atoms with E-state index in [9.17, 15) is 0 Å². The van der Waals surface area contributed by atoms with Gasteiger partial charge >= 0.3 is 0 Å². The van der Waals surface area contributed by atoms with Crippen LogP contribution in [-0.4, -0.2) is 25.7 Å². The molecule has 5 nitrogen and oxygen atoms in total. The van der Waals surface area contributed by atoms with Gasteiger partial charge in [-0.1, -0.05) is 0 Å². The maximum atomic E-state index is 4.03. The third kappa shape index (κ3) is 3.58. The van der Waals surface area contributed by atoms with E-state index in [4.69, 9.17) is 0 Å². The Balaban J connectivity index is 2.75. The molecule has 15 heavy (non-hydrogen) atoms. The van der Waals surface area contributed by atoms with Crippen LogP contribution >= 0.6 is 0 Å². The molecule has 5 heteroatoms. The number of nitrogens with zero attached hydrogens (tertiary/aromatic N) is 4. The van der Waals surface area contributed by atoms with Crippen LogP contribution in [-0.2, 0) is 12.1 Å². The molecule has 0 aliphatic heterocycles. The fraction of sp³-hybridized carbons (Fsp3) is 0.900. The first-order chi connectivity index (χ1) is 6.70. The zero-order valence-corrected chi connectivity index (χ0v) is 10.5. The summed E-state index contributed by atoms with van der Waals surface area (Å²) in [6, 6.07) is 0. The molecule has 0 atom stereocenters. The van der Waals surface area contributed by atoms with Gasteiger partial charge in [0.1, 0.15) is 0 Å². The second kappa shape index (κ2) is 3.89. The summed E-state index contributed by atoms with van der Waals surface area (Å²) in [6.45, 7) is 13.3. The van der Waals surface area contributed by atoms with E-state index in [2.05, 4.69) is 62.4 Å². The predicted octanol–water partition coefficient (Wildman–Crippen LogP) is 1.32. The van der Waals surface area contributed by atoms with Crippen molar-refractivity contribution in [2.45, 2.75) is 59.2 Å². The number of tetrazole rings is 1. The van der Waals surface area contributed by atoms with Crippen molar-refractivity contribution in [3.8, 4) is 0 Å². The van der Waals surface area contributed by atoms with Crippen LogP contribution in [0.15, 0.2) is 0 Å². The quantitative estimate of drug-likeness (QED) is 0.801. The summed E-state index contributed by atoms with van der Waals surface area (Å²) in [5.74, 6) is 0.873. The fourth-order valence-electron chi connectivity index (χ4n) is 1.18. The van der Waals surface area contributed by atoms with E-state index >= 15 is 0 Å². The second-order valence-electron chi connectivity index (χ2n) is 5.78. The van der Waals surface area contributed by atoms with Crippen molar-refractivity contribution in [1.82, 2.24) is 25.5 Å². The summed E-state index contributed by atoms with van der Waals surface area (Å²) in [6.07, 6.45) is 0. The summed E-state index contributed by atoms with van der Waals surface area (Å²) in [5, 5.41) is 15.1. The highest BCUT2D eigenvalue weighted by Gasteiger charge is 2.20. The predicted molar refractivity (Wildman–Crippen MR) is 59.4 cm³/mol. The third-order valence-corrected chi connectivity index (χ3v) is 1.95. The van der Waals surface area contributed by atoms with E-state index in [1.807, 2.05) is 4.68 Å². The van der Waals surface area contributed by atoms with Gasteiger partial charge in [-0.25, -0.2) is 4.68 Å². The van der Waals surface area contributed by atoms with Crippen LogP contribution in [0.2, 0.25) is 0 Å². The van der Waals surface area contributed by atoms with Crippen molar-refractivity contribution in [1.29, 1.82) is 0 Å². The Morgan fingerprint density at radius 2 is 1.73 bits per heavy atom. The molecule has 0 amide bonds. The summed E-state index contributed by atoms with van der Waals surface area (Å²) >= 11 is 0. The van der Waals surface area contributed by atoms with E-state index in [0.717, 1.165) is 5.82 Å². The van der Waals surface area contributed by atoms with Crippen LogP contribution in [0.4, 0.5) is 0 Å². The Morgan fingerprint density at radius 1 is 1.13 bits per heavy atom. The normalized spacial score (nSPS) is 13.2. The first-order valence-electron chi connectivity index (χ1n) is 5.23. The van der Waals surface area contributed by atoms with Crippen molar-refractivity contribution in [2.24, 2.45) is 0 Å². The molecule has 0 saturated heterocycles. The van der Waals surface area contributed by atoms with Gasteiger partial charge in [-0.15, -0.1) is 5.10 Å². The Morgan fingerprint density at radius 3 is 2.20 bits per heavy atom. The molecule has 0 radical (unpaired) electrons. The molecule has 0 aliphatic carbocycles. The van der Waals surface area contributed by atoms with E-state index in [-0.39, 0.29) is 11.1 Å². The fourth-order valence-corrected chi connectivity index (χ4v) is 1.18. The Bertz CT molecular complexity index is 315. The molecule has 1 N–H and O–H groups in total. The van der Waals surface area contributed by atoms with Crippen LogP contribution in [0.25, 0.3) is 0 Å². The minimum absolute atomic E-state index is 0.0710. The minimum atomic E-state index is -0.0710. The van der Waals surface area contributed by atoms with Gasteiger partial charge in [-0.05, 0) is 52.0 Å². The second-order valence-corrected chi connectivity index (χ2v) is 5.78. The summed E-state index contributed by atoms with van der Waals surface area (Å²) in [4.78, 5) is 0. The first kappa shape index (κ1) is 12.1. The topological polar surface area (TPSA) is 55.6 Å². The van der Waals surface area contributed by atoms with E-state index < -0.39 is 0 Å². The zero-order valence-electron chi connectivity index (χ0n) is 10.5. The Hall–Kier alpha value is -0.970. The van der Waals surface area contributed by atoms with Gasteiger partial charge in [-0.2, -0.15) is 0 Å². The largest absolute Gasteiger partial charge is 0.305 e. The number of nitrogens with one attached hydrogen (secondary N) is 1. The number of rotatable bonds is 2. The lowest BCUT2D eigenvalue weighted by Gasteiger charge is -2.23. The molecule has 1 aromatic heterocycles. The van der Waals surface area contributed by atoms with Gasteiger partial charge in [0.25, 0.3) is 0 Å². The molecule has 0 saturated carbocycles. The molecular formula is C10H21N5. The number of hydrogen-bond donors (Lipinski definition) is 1. The molecule has 0 aromatic carbocycles. The van der Waals surface area contributed by atoms with Crippen molar-refractivity contribution < 1.29 is 0 Å². The average Bonchev–Trinajstić information content (AvgIpc) is 2.45. The molecule has 0 fully saturated rings. The van der Waals surface area contributed by atoms with Gasteiger partial charge in [-0.3, -0.25) is 0 Å². The average molecular weight is 211 g/mol. The molecule has 0 spiro atoms. The minimum Gasteiger partial charge on any atom is -0.305 e. The van der Waals surface area contributed by atoms with Crippen molar-refractivity contribution in [2.75, 3.05) is 0 Å². The SMILES string of the molecule is CC(C)(C)NCc1nnnn1C(C)(C)C. The molecule has 1 heterocycles. The first-order valence-corrected chi connectivity index (χ1v) is 5.23. The lowest BCUT2D eigenvalue weighted by atomic mass is 10.1. The smallest absolute Gasteiger partial charge is 0.165 e. The summed E-state index contributed by atoms with van der Waals surface area (Å²) in [5.41, 5.74) is 0.00701. The number of aromatic nitrogens is 4. The van der Waals surface area contributed by atoms with Gasteiger partial charge in [0.05, 0.1) is 12.1 Å². The van der Waals surface area contributed by atoms with Crippen LogP contribution in [0, 0.1) is 0 Å². The molecule has 1 rings (SSSR count). The Labute approximate surface area is 91.2 Å². The molecule has 0 bridgehead atoms. The summed E-state index contributed by atoms with van der Waals surface area (Å²) < 4.78 is 1.85. The highest BCUT2D eigenvalue weighted by Crippen LogP contribution is 2.13. The van der Waals surface area contributed by atoms with Crippen LogP contribution in [0.1, 0.15) is 47.4 Å². The van der Waals surface area contributed by atoms with Crippen LogP contribution in [0.3, 0.4) is 0 Å². The van der Waals surface area contributed by atoms with E-state index in [1.165, 1.54) is 0 Å². The van der Waals surface area contributed by atoms with Gasteiger partial charge in [0.2, 0.25) is 0 Å². The third-order valence-electron chi connectivity index (χ3n) is 1.95. The van der Waals surface area contributed by atoms with Gasteiger partial charge in [0.15, 0.2) is 5.82 Å². The lowest BCUT2D eigenvalue weighted by Crippen LogP contribution is -2.37. The summed E-state index contributed by atoms with van der Waals surface area (Å²) in [7, 11) is 0. The monoisotopic (exact) mass is 211 g/mol. The van der Waals surface area contributed by atoms with E-state index in [1.54, 1.807) is 0 Å². The van der Waals surface area contributed by atoms with E-state index in [0.29, 0.717) is 6.54 Å². The number of hydrogen-bond acceptors (Lipinski definition) is 4. The highest BCUT2D eigenvalue weighted by molar-refractivity contribution is 4.88. The van der Waals surface area contributed by atoms with Crippen molar-refractivity contribution in [3.05, 3.63) is 5.82 Å².